The molecule has 1 unspecified atom stereocenters. The molecule has 1 rings (SSSR count). The van der Waals surface area contributed by atoms with Crippen molar-refractivity contribution in [3.05, 3.63) is 30.1 Å². The minimum atomic E-state index is 0.00852. The summed E-state index contributed by atoms with van der Waals surface area (Å²) in [5.41, 5.74) is 0.685. The number of ketones is 1. The van der Waals surface area contributed by atoms with Crippen LogP contribution in [0.15, 0.2) is 24.5 Å². The summed E-state index contributed by atoms with van der Waals surface area (Å²) < 4.78 is 0. The molecule has 0 amide bonds. The van der Waals surface area contributed by atoms with E-state index in [0.717, 1.165) is 0 Å². The number of nitrogens with one attached hydrogen (secondary N) is 1. The Labute approximate surface area is 78.2 Å². The maximum absolute atomic E-state index is 11.7. The Morgan fingerprint density at radius 2 is 2.46 bits per heavy atom. The van der Waals surface area contributed by atoms with Crippen LogP contribution in [0.25, 0.3) is 0 Å². The van der Waals surface area contributed by atoms with E-state index in [4.69, 9.17) is 0 Å². The van der Waals surface area contributed by atoms with Crippen molar-refractivity contribution in [1.29, 1.82) is 0 Å². The van der Waals surface area contributed by atoms with Gasteiger partial charge >= 0.3 is 0 Å². The van der Waals surface area contributed by atoms with E-state index in [9.17, 15) is 4.79 Å². The lowest BCUT2D eigenvalue weighted by Crippen LogP contribution is -2.23. The van der Waals surface area contributed by atoms with Crippen molar-refractivity contribution >= 4 is 5.78 Å². The van der Waals surface area contributed by atoms with E-state index in [1.54, 1.807) is 24.5 Å². The van der Waals surface area contributed by atoms with Crippen LogP contribution in [0.5, 0.6) is 0 Å². The largest absolute Gasteiger partial charge is 0.319 e. The van der Waals surface area contributed by atoms with Crippen LogP contribution in [-0.4, -0.2) is 24.4 Å². The van der Waals surface area contributed by atoms with Crippen LogP contribution in [-0.2, 0) is 0 Å². The molecular formula is C10H14N2O. The summed E-state index contributed by atoms with van der Waals surface area (Å²) in [5.74, 6) is 0.150. The van der Waals surface area contributed by atoms with Crippen LogP contribution in [0.1, 0.15) is 17.3 Å². The summed E-state index contributed by atoms with van der Waals surface area (Å²) in [5, 5.41) is 2.98. The van der Waals surface area contributed by atoms with Crippen LogP contribution >= 0.6 is 0 Å². The number of carbonyl (C=O) groups excluding carboxylic acids is 1. The van der Waals surface area contributed by atoms with E-state index in [2.05, 4.69) is 10.3 Å². The summed E-state index contributed by atoms with van der Waals surface area (Å²) in [6.07, 6.45) is 3.27. The second-order valence-electron chi connectivity index (χ2n) is 3.06. The molecule has 1 atom stereocenters. The van der Waals surface area contributed by atoms with Gasteiger partial charge < -0.3 is 5.32 Å². The first kappa shape index (κ1) is 9.86. The van der Waals surface area contributed by atoms with E-state index in [1.165, 1.54) is 0 Å². The van der Waals surface area contributed by atoms with E-state index in [1.807, 2.05) is 14.0 Å². The smallest absolute Gasteiger partial charge is 0.168 e. The molecule has 0 aliphatic rings. The number of rotatable bonds is 4. The third kappa shape index (κ3) is 2.63. The number of nitrogens with zero attached hydrogens (tertiary/aromatic N) is 1. The van der Waals surface area contributed by atoms with Gasteiger partial charge in [0.05, 0.1) is 0 Å². The summed E-state index contributed by atoms with van der Waals surface area (Å²) in [6, 6.07) is 3.57. The van der Waals surface area contributed by atoms with E-state index in [-0.39, 0.29) is 11.7 Å². The maximum Gasteiger partial charge on any atom is 0.168 e. The molecule has 13 heavy (non-hydrogen) atoms. The number of hydrogen-bond donors (Lipinski definition) is 1. The first-order valence-corrected chi connectivity index (χ1v) is 4.34. The van der Waals surface area contributed by atoms with Crippen LogP contribution < -0.4 is 5.32 Å². The van der Waals surface area contributed by atoms with Gasteiger partial charge in [0, 0.05) is 30.4 Å². The molecule has 0 aliphatic carbocycles. The highest BCUT2D eigenvalue weighted by Gasteiger charge is 2.13. The fraction of sp³-hybridized carbons (Fsp3) is 0.400. The Balaban J connectivity index is 2.68. The summed E-state index contributed by atoms with van der Waals surface area (Å²) in [4.78, 5) is 15.6. The first-order chi connectivity index (χ1) is 6.25. The predicted molar refractivity (Wildman–Crippen MR) is 51.7 cm³/mol. The molecule has 1 aromatic rings. The van der Waals surface area contributed by atoms with E-state index < -0.39 is 0 Å². The molecule has 3 nitrogen and oxygen atoms in total. The van der Waals surface area contributed by atoms with Gasteiger partial charge in [-0.05, 0) is 19.2 Å². The summed E-state index contributed by atoms with van der Waals surface area (Å²) >= 11 is 0. The lowest BCUT2D eigenvalue weighted by Gasteiger charge is -2.08. The Morgan fingerprint density at radius 3 is 3.00 bits per heavy atom. The van der Waals surface area contributed by atoms with Gasteiger partial charge in [-0.25, -0.2) is 0 Å². The lowest BCUT2D eigenvalue weighted by atomic mass is 10.0. The number of hydrogen-bond acceptors (Lipinski definition) is 3. The number of pyridine rings is 1. The van der Waals surface area contributed by atoms with Crippen molar-refractivity contribution in [1.82, 2.24) is 10.3 Å². The number of aromatic nitrogens is 1. The molecule has 0 spiro atoms. The van der Waals surface area contributed by atoms with Crippen molar-refractivity contribution in [2.75, 3.05) is 13.6 Å². The van der Waals surface area contributed by atoms with Gasteiger partial charge in [0.2, 0.25) is 0 Å². The SMILES string of the molecule is CNCC(C)C(=O)c1cccnc1. The Morgan fingerprint density at radius 1 is 1.69 bits per heavy atom. The first-order valence-electron chi connectivity index (χ1n) is 4.34. The topological polar surface area (TPSA) is 42.0 Å². The molecule has 0 fully saturated rings. The zero-order chi connectivity index (χ0) is 9.68. The van der Waals surface area contributed by atoms with Crippen LogP contribution in [0, 0.1) is 5.92 Å². The number of carbonyl (C=O) groups is 1. The van der Waals surface area contributed by atoms with Crippen molar-refractivity contribution in [2.45, 2.75) is 6.92 Å². The lowest BCUT2D eigenvalue weighted by molar-refractivity contribution is 0.0930. The third-order valence-corrected chi connectivity index (χ3v) is 1.90. The second kappa shape index (κ2) is 4.72. The molecule has 70 valence electrons. The van der Waals surface area contributed by atoms with Crippen LogP contribution in [0.3, 0.4) is 0 Å². The predicted octanol–water partition coefficient (Wildman–Crippen LogP) is 1.12. The molecule has 1 aromatic heterocycles. The van der Waals surface area contributed by atoms with Crippen LogP contribution in [0.2, 0.25) is 0 Å². The van der Waals surface area contributed by atoms with Crippen molar-refractivity contribution in [3.8, 4) is 0 Å². The standard InChI is InChI=1S/C10H14N2O/c1-8(6-11-2)10(13)9-4-3-5-12-7-9/h3-5,7-8,11H,6H2,1-2H3. The zero-order valence-electron chi connectivity index (χ0n) is 7.95. The highest BCUT2D eigenvalue weighted by molar-refractivity contribution is 5.97. The van der Waals surface area contributed by atoms with Crippen LogP contribution in [0.4, 0.5) is 0 Å². The van der Waals surface area contributed by atoms with Gasteiger partial charge in [0.25, 0.3) is 0 Å². The van der Waals surface area contributed by atoms with Gasteiger partial charge in [-0.3, -0.25) is 9.78 Å². The van der Waals surface area contributed by atoms with Crippen molar-refractivity contribution in [3.63, 3.8) is 0 Å². The Hall–Kier alpha value is -1.22. The normalized spacial score (nSPS) is 12.5. The molecular weight excluding hydrogens is 164 g/mol. The molecule has 0 radical (unpaired) electrons. The fourth-order valence-corrected chi connectivity index (χ4v) is 1.19. The van der Waals surface area contributed by atoms with Crippen molar-refractivity contribution in [2.24, 2.45) is 5.92 Å². The highest BCUT2D eigenvalue weighted by Crippen LogP contribution is 2.05. The number of Topliss-reactive ketones (excluding diaryl/α,β-unsaturated/α-hetero) is 1. The van der Waals surface area contributed by atoms with E-state index >= 15 is 0 Å². The molecule has 0 aromatic carbocycles. The van der Waals surface area contributed by atoms with Gasteiger partial charge in [0.15, 0.2) is 5.78 Å². The van der Waals surface area contributed by atoms with Gasteiger partial charge in [0.1, 0.15) is 0 Å². The highest BCUT2D eigenvalue weighted by atomic mass is 16.1. The minimum Gasteiger partial charge on any atom is -0.319 e. The third-order valence-electron chi connectivity index (χ3n) is 1.90. The van der Waals surface area contributed by atoms with Crippen molar-refractivity contribution < 1.29 is 4.79 Å². The Kier molecular flexibility index (Phi) is 3.58. The monoisotopic (exact) mass is 178 g/mol. The summed E-state index contributed by atoms with van der Waals surface area (Å²) in [6.45, 7) is 2.61. The average molecular weight is 178 g/mol. The van der Waals surface area contributed by atoms with E-state index in [0.29, 0.717) is 12.1 Å². The molecule has 1 heterocycles. The second-order valence-corrected chi connectivity index (χ2v) is 3.06. The molecule has 0 saturated carbocycles. The summed E-state index contributed by atoms with van der Waals surface area (Å²) in [7, 11) is 1.84. The minimum absolute atomic E-state index is 0.00852. The molecule has 1 N–H and O–H groups in total. The fourth-order valence-electron chi connectivity index (χ4n) is 1.19. The zero-order valence-corrected chi connectivity index (χ0v) is 7.95. The maximum atomic E-state index is 11.7. The van der Waals surface area contributed by atoms with Gasteiger partial charge in [-0.1, -0.05) is 6.92 Å². The molecule has 0 aliphatic heterocycles. The average Bonchev–Trinajstić information content (AvgIpc) is 2.18. The van der Waals surface area contributed by atoms with Gasteiger partial charge in [-0.2, -0.15) is 0 Å². The Bertz CT molecular complexity index is 272. The molecule has 0 bridgehead atoms. The molecule has 3 heteroatoms. The van der Waals surface area contributed by atoms with Gasteiger partial charge in [-0.15, -0.1) is 0 Å². The molecule has 0 saturated heterocycles. The quantitative estimate of drug-likeness (QED) is 0.702.